The van der Waals surface area contributed by atoms with Crippen molar-refractivity contribution in [3.8, 4) is 5.75 Å². The first kappa shape index (κ1) is 23.6. The molecule has 1 amide bonds. The lowest BCUT2D eigenvalue weighted by Gasteiger charge is -2.50. The number of nitrogens with zero attached hydrogens (tertiary/aromatic N) is 2. The van der Waals surface area contributed by atoms with Gasteiger partial charge in [-0.2, -0.15) is 0 Å². The fourth-order valence-corrected chi connectivity index (χ4v) is 5.72. The van der Waals surface area contributed by atoms with E-state index >= 15 is 0 Å². The van der Waals surface area contributed by atoms with Gasteiger partial charge in [0, 0.05) is 31.3 Å². The van der Waals surface area contributed by atoms with Crippen LogP contribution in [0.1, 0.15) is 22.3 Å². The highest BCUT2D eigenvalue weighted by Crippen LogP contribution is 2.53. The summed E-state index contributed by atoms with van der Waals surface area (Å²) in [5, 5.41) is 44.2. The molecule has 0 aromatic heterocycles. The number of aliphatic hydroxyl groups is 3. The maximum Gasteiger partial charge on any atom is 0.255 e. The molecule has 8 N–H and O–H groups in total. The van der Waals surface area contributed by atoms with Crippen molar-refractivity contribution in [3.05, 3.63) is 39.9 Å². The first-order valence-corrected chi connectivity index (χ1v) is 10.7. The van der Waals surface area contributed by atoms with Crippen molar-refractivity contribution in [2.75, 3.05) is 38.8 Å². The minimum Gasteiger partial charge on any atom is -0.510 e. The molecular formula is C23H28N4O7. The number of rotatable bonds is 3. The molecule has 1 aromatic carbocycles. The molecule has 0 bridgehead atoms. The molecule has 0 spiro atoms. The number of amides is 1. The number of anilines is 2. The van der Waals surface area contributed by atoms with Crippen molar-refractivity contribution in [2.24, 2.45) is 17.6 Å². The predicted molar refractivity (Wildman–Crippen MR) is 122 cm³/mol. The van der Waals surface area contributed by atoms with Crippen LogP contribution >= 0.6 is 0 Å². The number of aromatic hydroxyl groups is 1. The molecule has 11 heteroatoms. The van der Waals surface area contributed by atoms with E-state index in [0.717, 1.165) is 0 Å². The summed E-state index contributed by atoms with van der Waals surface area (Å²) in [5.41, 5.74) is 8.51. The molecule has 11 nitrogen and oxygen atoms in total. The van der Waals surface area contributed by atoms with E-state index in [0.29, 0.717) is 11.3 Å². The van der Waals surface area contributed by atoms with Gasteiger partial charge in [0.15, 0.2) is 11.4 Å². The first-order chi connectivity index (χ1) is 15.7. The molecule has 0 heterocycles. The lowest BCUT2D eigenvalue weighted by molar-refractivity contribution is -0.148. The number of allylic oxidation sites excluding steroid dienone is 1. The smallest absolute Gasteiger partial charge is 0.255 e. The molecular weight excluding hydrogens is 444 g/mol. The van der Waals surface area contributed by atoms with Gasteiger partial charge in [-0.25, -0.2) is 0 Å². The number of carbonyl (C=O) groups excluding carboxylic acids is 3. The van der Waals surface area contributed by atoms with Crippen molar-refractivity contribution in [2.45, 2.75) is 24.5 Å². The number of phenolic OH excluding ortho intramolecular Hbond substituents is 1. The van der Waals surface area contributed by atoms with Gasteiger partial charge < -0.3 is 36.8 Å². The van der Waals surface area contributed by atoms with Crippen molar-refractivity contribution in [1.29, 1.82) is 0 Å². The number of carbonyl (C=O) groups is 3. The highest BCUT2D eigenvalue weighted by Gasteiger charge is 2.63. The molecule has 4 atom stereocenters. The second kappa shape index (κ2) is 7.47. The Balaban J connectivity index is 2.00. The molecule has 2 unspecified atom stereocenters. The summed E-state index contributed by atoms with van der Waals surface area (Å²) >= 11 is 0. The van der Waals surface area contributed by atoms with E-state index in [1.54, 1.807) is 39.2 Å². The maximum atomic E-state index is 13.6. The van der Waals surface area contributed by atoms with E-state index in [-0.39, 0.29) is 29.7 Å². The minimum absolute atomic E-state index is 0.0315. The molecule has 34 heavy (non-hydrogen) atoms. The average molecular weight is 472 g/mol. The summed E-state index contributed by atoms with van der Waals surface area (Å²) in [6, 6.07) is 0.522. The number of primary amides is 1. The van der Waals surface area contributed by atoms with Gasteiger partial charge in [0.2, 0.25) is 5.78 Å². The number of phenols is 1. The molecule has 3 aliphatic carbocycles. The lowest BCUT2D eigenvalue weighted by Crippen LogP contribution is -2.63. The van der Waals surface area contributed by atoms with Crippen LogP contribution in [-0.4, -0.2) is 82.6 Å². The Labute approximate surface area is 195 Å². The van der Waals surface area contributed by atoms with Crippen LogP contribution in [0.3, 0.4) is 0 Å². The van der Waals surface area contributed by atoms with E-state index in [1.807, 2.05) is 0 Å². The predicted octanol–water partition coefficient (Wildman–Crippen LogP) is -0.231. The molecule has 182 valence electrons. The zero-order valence-electron chi connectivity index (χ0n) is 19.3. The number of aliphatic hydroxyl groups excluding tert-OH is 2. The van der Waals surface area contributed by atoms with Crippen molar-refractivity contribution in [3.63, 3.8) is 0 Å². The molecule has 4 rings (SSSR count). The van der Waals surface area contributed by atoms with E-state index in [2.05, 4.69) is 0 Å². The Morgan fingerprint density at radius 2 is 1.76 bits per heavy atom. The summed E-state index contributed by atoms with van der Waals surface area (Å²) in [4.78, 5) is 42.1. The fraction of sp³-hybridized carbons (Fsp3) is 0.435. The third-order valence-electron chi connectivity index (χ3n) is 7.21. The van der Waals surface area contributed by atoms with Gasteiger partial charge in [-0.3, -0.25) is 19.3 Å². The third kappa shape index (κ3) is 2.86. The second-order valence-electron chi connectivity index (χ2n) is 9.54. The van der Waals surface area contributed by atoms with Crippen LogP contribution < -0.4 is 16.4 Å². The van der Waals surface area contributed by atoms with Crippen molar-refractivity contribution < 1.29 is 34.8 Å². The summed E-state index contributed by atoms with van der Waals surface area (Å²) in [6.07, 6.45) is 0.236. The Hall–Kier alpha value is -3.57. The van der Waals surface area contributed by atoms with Crippen LogP contribution in [0, 0.1) is 11.8 Å². The highest BCUT2D eigenvalue weighted by atomic mass is 16.3. The number of hydrogen-bond acceptors (Lipinski definition) is 10. The molecule has 3 aliphatic rings. The summed E-state index contributed by atoms with van der Waals surface area (Å²) in [6.45, 7) is 0. The molecule has 0 saturated heterocycles. The highest BCUT2D eigenvalue weighted by molar-refractivity contribution is 6.25. The molecule has 0 radical (unpaired) electrons. The Bertz CT molecular complexity index is 1220. The van der Waals surface area contributed by atoms with E-state index in [1.165, 1.54) is 4.90 Å². The van der Waals surface area contributed by atoms with Crippen LogP contribution in [-0.2, 0) is 16.0 Å². The van der Waals surface area contributed by atoms with Gasteiger partial charge in [-0.05, 0) is 44.5 Å². The minimum atomic E-state index is -2.66. The van der Waals surface area contributed by atoms with Crippen molar-refractivity contribution >= 4 is 28.8 Å². The Kier molecular flexibility index (Phi) is 5.18. The number of nitrogen functional groups attached to an aromatic ring is 1. The molecule has 1 aromatic rings. The summed E-state index contributed by atoms with van der Waals surface area (Å²) < 4.78 is 0. The average Bonchev–Trinajstić information content (AvgIpc) is 2.72. The maximum absolute atomic E-state index is 13.6. The first-order valence-electron chi connectivity index (χ1n) is 10.7. The zero-order valence-corrected chi connectivity index (χ0v) is 19.3. The van der Waals surface area contributed by atoms with Gasteiger partial charge in [-0.15, -0.1) is 0 Å². The topological polar surface area (TPSA) is 191 Å². The number of Topliss-reactive ketones (excluding diaryl/α,β-unsaturated/α-hetero) is 2. The van der Waals surface area contributed by atoms with Crippen LogP contribution in [0.2, 0.25) is 0 Å². The van der Waals surface area contributed by atoms with E-state index in [4.69, 9.17) is 11.5 Å². The van der Waals surface area contributed by atoms with Gasteiger partial charge >= 0.3 is 0 Å². The zero-order chi connectivity index (χ0) is 25.4. The number of fused-ring (bicyclic) bond motifs is 3. The molecule has 0 aliphatic heterocycles. The third-order valence-corrected chi connectivity index (χ3v) is 7.21. The number of hydrogen-bond donors (Lipinski definition) is 6. The Morgan fingerprint density at radius 3 is 2.29 bits per heavy atom. The Morgan fingerprint density at radius 1 is 1.15 bits per heavy atom. The number of likely N-dealkylation sites (N-methyl/N-ethyl adjacent to an activating group) is 1. The summed E-state index contributed by atoms with van der Waals surface area (Å²) in [5.74, 6) is -6.95. The van der Waals surface area contributed by atoms with Crippen LogP contribution in [0.15, 0.2) is 28.7 Å². The van der Waals surface area contributed by atoms with Crippen molar-refractivity contribution in [1.82, 2.24) is 4.90 Å². The summed E-state index contributed by atoms with van der Waals surface area (Å²) in [7, 11) is 6.68. The van der Waals surface area contributed by atoms with Gasteiger partial charge in [0.1, 0.15) is 22.8 Å². The number of nitrogens with two attached hydrogens (primary N) is 2. The monoisotopic (exact) mass is 472 g/mol. The van der Waals surface area contributed by atoms with Crippen LogP contribution in [0.4, 0.5) is 11.4 Å². The quantitative estimate of drug-likeness (QED) is 0.195. The second-order valence-corrected chi connectivity index (χ2v) is 9.54. The number of benzene rings is 1. The number of ketones is 2. The van der Waals surface area contributed by atoms with Gasteiger partial charge in [0.05, 0.1) is 17.3 Å². The largest absolute Gasteiger partial charge is 0.510 e. The SMILES string of the molecule is CN(C)c1cc(N)c(O)c2c1C[C@H]1CC3[C@H](N(C)C)C(O)=C(C(N)=O)C(=O)C3(O)C(O)=C1C2=O. The van der Waals surface area contributed by atoms with Crippen LogP contribution in [0.5, 0.6) is 5.75 Å². The van der Waals surface area contributed by atoms with E-state index < -0.39 is 63.8 Å². The van der Waals surface area contributed by atoms with Gasteiger partial charge in [-0.1, -0.05) is 0 Å². The normalized spacial score (nSPS) is 28.6. The fourth-order valence-electron chi connectivity index (χ4n) is 5.72. The van der Waals surface area contributed by atoms with Crippen LogP contribution in [0.25, 0.3) is 0 Å². The lowest BCUT2D eigenvalue weighted by atomic mass is 9.58. The van der Waals surface area contributed by atoms with Gasteiger partial charge in [0.25, 0.3) is 5.91 Å². The molecule has 0 fully saturated rings. The standard InChI is InChI=1S/C23H28N4O7/c1-26(2)12-7-11(24)17(28)14-9(12)5-8-6-10-16(27(3)4)19(30)15(22(25)33)21(32)23(10,34)20(31)13(8)18(14)29/h7-8,10,16,28,30-31,34H,5-6,24H2,1-4H3,(H2,25,33)/t8-,10?,16-,23?/m0/s1. The van der Waals surface area contributed by atoms with E-state index in [9.17, 15) is 34.8 Å². The molecule has 0 saturated carbocycles.